The number of hydrogen-bond donors (Lipinski definition) is 1. The number of nitrogens with zero attached hydrogens (tertiary/aromatic N) is 2. The molecule has 0 unspecified atom stereocenters. The Bertz CT molecular complexity index is 179. The Morgan fingerprint density at radius 1 is 1.29 bits per heavy atom. The molecule has 0 spiro atoms. The van der Waals surface area contributed by atoms with Crippen molar-refractivity contribution in [3.63, 3.8) is 0 Å². The first-order chi connectivity index (χ1) is 6.48. The molecule has 0 bridgehead atoms. The molecular formula is C11H23N3. The number of rotatable bonds is 7. The molecule has 0 heterocycles. The van der Waals surface area contributed by atoms with E-state index in [1.54, 1.807) is 0 Å². The largest absolute Gasteiger partial charge is 0.317 e. The molecule has 3 nitrogen and oxygen atoms in total. The van der Waals surface area contributed by atoms with Gasteiger partial charge in [0.2, 0.25) is 0 Å². The lowest BCUT2D eigenvalue weighted by molar-refractivity contribution is 0.385. The van der Waals surface area contributed by atoms with Crippen LogP contribution >= 0.6 is 0 Å². The van der Waals surface area contributed by atoms with Gasteiger partial charge in [0.25, 0.3) is 0 Å². The Morgan fingerprint density at radius 3 is 2.43 bits per heavy atom. The van der Waals surface area contributed by atoms with E-state index < -0.39 is 0 Å². The van der Waals surface area contributed by atoms with Crippen molar-refractivity contribution in [3.8, 4) is 6.07 Å². The third-order valence-electron chi connectivity index (χ3n) is 2.19. The average molecular weight is 197 g/mol. The van der Waals surface area contributed by atoms with Gasteiger partial charge in [-0.1, -0.05) is 0 Å². The van der Waals surface area contributed by atoms with Gasteiger partial charge in [-0.25, -0.2) is 0 Å². The van der Waals surface area contributed by atoms with Gasteiger partial charge >= 0.3 is 0 Å². The summed E-state index contributed by atoms with van der Waals surface area (Å²) in [5.74, 6) is 0. The lowest BCUT2D eigenvalue weighted by Gasteiger charge is -2.15. The second kappa shape index (κ2) is 6.80. The molecule has 14 heavy (non-hydrogen) atoms. The molecule has 82 valence electrons. The van der Waals surface area contributed by atoms with Gasteiger partial charge in [-0.3, -0.25) is 0 Å². The van der Waals surface area contributed by atoms with Crippen molar-refractivity contribution in [3.05, 3.63) is 0 Å². The van der Waals surface area contributed by atoms with Gasteiger partial charge in [0.05, 0.1) is 11.5 Å². The van der Waals surface area contributed by atoms with Gasteiger partial charge < -0.3 is 10.2 Å². The third-order valence-corrected chi connectivity index (χ3v) is 2.19. The Morgan fingerprint density at radius 2 is 1.93 bits per heavy atom. The first-order valence-corrected chi connectivity index (χ1v) is 5.24. The molecule has 0 amide bonds. The van der Waals surface area contributed by atoms with Crippen molar-refractivity contribution in [2.45, 2.75) is 26.7 Å². The van der Waals surface area contributed by atoms with Gasteiger partial charge in [-0.15, -0.1) is 0 Å². The fraction of sp³-hybridized carbons (Fsp3) is 0.909. The van der Waals surface area contributed by atoms with Crippen LogP contribution in [-0.2, 0) is 0 Å². The first kappa shape index (κ1) is 13.4. The number of hydrogen-bond acceptors (Lipinski definition) is 3. The van der Waals surface area contributed by atoms with Gasteiger partial charge in [0.1, 0.15) is 0 Å². The van der Waals surface area contributed by atoms with Crippen molar-refractivity contribution in [2.75, 3.05) is 33.7 Å². The SMILES string of the molecule is CN(C)CCCNCCC(C)(C)C#N. The molecule has 0 aromatic heterocycles. The highest BCUT2D eigenvalue weighted by Crippen LogP contribution is 2.16. The van der Waals surface area contributed by atoms with Gasteiger partial charge in [0.15, 0.2) is 0 Å². The summed E-state index contributed by atoms with van der Waals surface area (Å²) >= 11 is 0. The van der Waals surface area contributed by atoms with Crippen LogP contribution in [0.5, 0.6) is 0 Å². The van der Waals surface area contributed by atoms with Gasteiger partial charge in [0, 0.05) is 0 Å². The zero-order chi connectivity index (χ0) is 11.0. The maximum Gasteiger partial charge on any atom is 0.0684 e. The molecule has 0 aliphatic heterocycles. The molecule has 0 fully saturated rings. The highest BCUT2D eigenvalue weighted by Gasteiger charge is 2.14. The summed E-state index contributed by atoms with van der Waals surface area (Å²) in [6.45, 7) is 7.06. The summed E-state index contributed by atoms with van der Waals surface area (Å²) in [6, 6.07) is 2.30. The predicted octanol–water partition coefficient (Wildman–Crippen LogP) is 1.47. The fourth-order valence-corrected chi connectivity index (χ4v) is 1.10. The smallest absolute Gasteiger partial charge is 0.0684 e. The minimum atomic E-state index is -0.186. The van der Waals surface area contributed by atoms with E-state index in [-0.39, 0.29) is 5.41 Å². The van der Waals surface area contributed by atoms with Crippen LogP contribution in [0.3, 0.4) is 0 Å². The van der Waals surface area contributed by atoms with Crippen molar-refractivity contribution in [1.82, 2.24) is 10.2 Å². The van der Waals surface area contributed by atoms with E-state index in [9.17, 15) is 0 Å². The van der Waals surface area contributed by atoms with Crippen LogP contribution in [-0.4, -0.2) is 38.6 Å². The van der Waals surface area contributed by atoms with E-state index in [2.05, 4.69) is 30.4 Å². The fourth-order valence-electron chi connectivity index (χ4n) is 1.10. The van der Waals surface area contributed by atoms with Gasteiger partial charge in [-0.05, 0) is 60.4 Å². The average Bonchev–Trinajstić information content (AvgIpc) is 2.10. The van der Waals surface area contributed by atoms with Crippen LogP contribution in [0.1, 0.15) is 26.7 Å². The Labute approximate surface area is 88.1 Å². The highest BCUT2D eigenvalue weighted by molar-refractivity contribution is 4.91. The van der Waals surface area contributed by atoms with Crippen LogP contribution in [0.25, 0.3) is 0 Å². The number of nitriles is 1. The second-order valence-electron chi connectivity index (χ2n) is 4.65. The standard InChI is InChI=1S/C11H23N3/c1-11(2,10-12)6-8-13-7-5-9-14(3)4/h13H,5-9H2,1-4H3. The summed E-state index contributed by atoms with van der Waals surface area (Å²) in [5.41, 5.74) is -0.186. The minimum absolute atomic E-state index is 0.186. The van der Waals surface area contributed by atoms with E-state index in [4.69, 9.17) is 5.26 Å². The van der Waals surface area contributed by atoms with E-state index in [1.165, 1.54) is 6.42 Å². The molecule has 0 saturated heterocycles. The predicted molar refractivity (Wildman–Crippen MR) is 60.1 cm³/mol. The van der Waals surface area contributed by atoms with Crippen LogP contribution in [0.2, 0.25) is 0 Å². The number of nitrogens with one attached hydrogen (secondary N) is 1. The molecule has 0 aromatic carbocycles. The maximum atomic E-state index is 8.79. The summed E-state index contributed by atoms with van der Waals surface area (Å²) in [7, 11) is 4.16. The molecule has 0 aliphatic rings. The Balaban J connectivity index is 3.27. The quantitative estimate of drug-likeness (QED) is 0.628. The first-order valence-electron chi connectivity index (χ1n) is 5.24. The molecule has 0 radical (unpaired) electrons. The normalized spacial score (nSPS) is 11.7. The molecule has 0 rings (SSSR count). The van der Waals surface area contributed by atoms with E-state index in [0.717, 1.165) is 26.1 Å². The molecule has 1 N–H and O–H groups in total. The third kappa shape index (κ3) is 8.03. The molecule has 0 aliphatic carbocycles. The van der Waals surface area contributed by atoms with Crippen molar-refractivity contribution >= 4 is 0 Å². The summed E-state index contributed by atoms with van der Waals surface area (Å²) in [6.07, 6.45) is 2.09. The van der Waals surface area contributed by atoms with Crippen molar-refractivity contribution in [1.29, 1.82) is 5.26 Å². The minimum Gasteiger partial charge on any atom is -0.317 e. The Kier molecular flexibility index (Phi) is 6.52. The zero-order valence-electron chi connectivity index (χ0n) is 9.93. The second-order valence-corrected chi connectivity index (χ2v) is 4.65. The van der Waals surface area contributed by atoms with E-state index >= 15 is 0 Å². The van der Waals surface area contributed by atoms with Crippen LogP contribution in [0.4, 0.5) is 0 Å². The molecular weight excluding hydrogens is 174 g/mol. The lowest BCUT2D eigenvalue weighted by Crippen LogP contribution is -2.25. The maximum absolute atomic E-state index is 8.79. The molecule has 0 aromatic rings. The Hall–Kier alpha value is -0.590. The summed E-state index contributed by atoms with van der Waals surface area (Å²) in [5, 5.41) is 12.1. The summed E-state index contributed by atoms with van der Waals surface area (Å²) in [4.78, 5) is 2.18. The molecule has 0 saturated carbocycles. The van der Waals surface area contributed by atoms with E-state index in [1.807, 2.05) is 13.8 Å². The monoisotopic (exact) mass is 197 g/mol. The van der Waals surface area contributed by atoms with Gasteiger partial charge in [-0.2, -0.15) is 5.26 Å². The van der Waals surface area contributed by atoms with Crippen molar-refractivity contribution < 1.29 is 0 Å². The van der Waals surface area contributed by atoms with Crippen LogP contribution < -0.4 is 5.32 Å². The molecule has 0 atom stereocenters. The highest BCUT2D eigenvalue weighted by atomic mass is 15.0. The summed E-state index contributed by atoms with van der Waals surface area (Å²) < 4.78 is 0. The topological polar surface area (TPSA) is 39.1 Å². The molecule has 3 heteroatoms. The van der Waals surface area contributed by atoms with Crippen LogP contribution in [0, 0.1) is 16.7 Å². The van der Waals surface area contributed by atoms with Crippen molar-refractivity contribution in [2.24, 2.45) is 5.41 Å². The lowest BCUT2D eigenvalue weighted by atomic mass is 9.91. The zero-order valence-corrected chi connectivity index (χ0v) is 9.93. The van der Waals surface area contributed by atoms with E-state index in [0.29, 0.717) is 0 Å². The van der Waals surface area contributed by atoms with Crippen LogP contribution in [0.15, 0.2) is 0 Å².